The van der Waals surface area contributed by atoms with Crippen LogP contribution in [0.4, 0.5) is 5.69 Å². The van der Waals surface area contributed by atoms with E-state index in [0.717, 1.165) is 37.1 Å². The van der Waals surface area contributed by atoms with Crippen LogP contribution in [-0.4, -0.2) is 31.4 Å². The molecule has 1 saturated carbocycles. The third-order valence-corrected chi connectivity index (χ3v) is 3.79. The number of aliphatic hydroxyl groups excluding tert-OH is 1. The molecule has 1 aliphatic rings. The molecule has 0 aromatic heterocycles. The Balaban J connectivity index is 2.03. The molecule has 1 N–H and O–H groups in total. The van der Waals surface area contributed by atoms with Crippen molar-refractivity contribution in [3.63, 3.8) is 0 Å². The third-order valence-electron chi connectivity index (χ3n) is 3.79. The summed E-state index contributed by atoms with van der Waals surface area (Å²) in [4.78, 5) is 2.06. The first-order valence-corrected chi connectivity index (χ1v) is 7.29. The van der Waals surface area contributed by atoms with Crippen molar-refractivity contribution >= 4 is 5.69 Å². The van der Waals surface area contributed by atoms with E-state index in [2.05, 4.69) is 11.0 Å². The van der Waals surface area contributed by atoms with Crippen molar-refractivity contribution in [3.8, 4) is 5.75 Å². The predicted octanol–water partition coefficient (Wildman–Crippen LogP) is 3.22. The van der Waals surface area contributed by atoms with Crippen LogP contribution in [0.2, 0.25) is 0 Å². The number of aliphatic hydroxyl groups is 1. The number of ether oxygens (including phenoxy) is 1. The smallest absolute Gasteiger partial charge is 0.124 e. The van der Waals surface area contributed by atoms with Gasteiger partial charge in [0, 0.05) is 25.8 Å². The van der Waals surface area contributed by atoms with Crippen LogP contribution in [0.15, 0.2) is 24.3 Å². The van der Waals surface area contributed by atoms with Gasteiger partial charge in [0.05, 0.1) is 6.10 Å². The van der Waals surface area contributed by atoms with Gasteiger partial charge in [-0.15, -0.1) is 0 Å². The number of hydrogen-bond donors (Lipinski definition) is 1. The molecule has 1 aliphatic carbocycles. The van der Waals surface area contributed by atoms with Gasteiger partial charge in [0.25, 0.3) is 0 Å². The van der Waals surface area contributed by atoms with Gasteiger partial charge < -0.3 is 14.7 Å². The number of rotatable bonds is 3. The summed E-state index contributed by atoms with van der Waals surface area (Å²) in [7, 11) is 4.04. The van der Waals surface area contributed by atoms with E-state index in [9.17, 15) is 5.11 Å². The number of nitrogens with zero attached hydrogens (tertiary/aromatic N) is 1. The Morgan fingerprint density at radius 2 is 1.84 bits per heavy atom. The van der Waals surface area contributed by atoms with Gasteiger partial charge >= 0.3 is 0 Å². The lowest BCUT2D eigenvalue weighted by Gasteiger charge is -2.26. The monoisotopic (exact) mass is 263 g/mol. The van der Waals surface area contributed by atoms with E-state index < -0.39 is 0 Å². The molecule has 3 nitrogen and oxygen atoms in total. The van der Waals surface area contributed by atoms with E-state index in [1.54, 1.807) is 0 Å². The molecule has 0 bridgehead atoms. The van der Waals surface area contributed by atoms with Crippen molar-refractivity contribution in [2.24, 2.45) is 0 Å². The minimum Gasteiger partial charge on any atom is -0.488 e. The summed E-state index contributed by atoms with van der Waals surface area (Å²) in [5.74, 6) is 0.857. The molecule has 19 heavy (non-hydrogen) atoms. The summed E-state index contributed by atoms with van der Waals surface area (Å²) in [6, 6.07) is 8.06. The SMILES string of the molecule is CN(C)c1cccc(OC2CCCCCCC2O)c1. The highest BCUT2D eigenvalue weighted by Gasteiger charge is 2.22. The van der Waals surface area contributed by atoms with Gasteiger partial charge in [-0.05, 0) is 31.4 Å². The van der Waals surface area contributed by atoms with Crippen molar-refractivity contribution in [3.05, 3.63) is 24.3 Å². The molecule has 1 fully saturated rings. The van der Waals surface area contributed by atoms with Gasteiger partial charge in [0.1, 0.15) is 11.9 Å². The maximum Gasteiger partial charge on any atom is 0.124 e. The van der Waals surface area contributed by atoms with Crippen LogP contribution in [0, 0.1) is 0 Å². The zero-order valence-corrected chi connectivity index (χ0v) is 12.0. The second-order valence-corrected chi connectivity index (χ2v) is 5.61. The summed E-state index contributed by atoms with van der Waals surface area (Å²) in [6.45, 7) is 0. The molecule has 0 aliphatic heterocycles. The Hall–Kier alpha value is -1.22. The van der Waals surface area contributed by atoms with Crippen LogP contribution >= 0.6 is 0 Å². The van der Waals surface area contributed by atoms with Crippen molar-refractivity contribution in [1.82, 2.24) is 0 Å². The quantitative estimate of drug-likeness (QED) is 0.909. The molecule has 2 rings (SSSR count). The van der Waals surface area contributed by atoms with Crippen molar-refractivity contribution in [2.75, 3.05) is 19.0 Å². The Kier molecular flexibility index (Phi) is 5.08. The van der Waals surface area contributed by atoms with Gasteiger partial charge in [0.15, 0.2) is 0 Å². The average molecular weight is 263 g/mol. The summed E-state index contributed by atoms with van der Waals surface area (Å²) >= 11 is 0. The molecule has 0 heterocycles. The molecular formula is C16H25NO2. The van der Waals surface area contributed by atoms with Crippen LogP contribution in [0.25, 0.3) is 0 Å². The lowest BCUT2D eigenvalue weighted by atomic mass is 9.96. The summed E-state index contributed by atoms with van der Waals surface area (Å²) in [5.41, 5.74) is 1.12. The fraction of sp³-hybridized carbons (Fsp3) is 0.625. The van der Waals surface area contributed by atoms with Crippen LogP contribution < -0.4 is 9.64 Å². The van der Waals surface area contributed by atoms with E-state index in [1.807, 2.05) is 32.3 Å². The second-order valence-electron chi connectivity index (χ2n) is 5.61. The molecule has 2 unspecified atom stereocenters. The minimum absolute atomic E-state index is 0.0577. The van der Waals surface area contributed by atoms with Crippen LogP contribution in [0.5, 0.6) is 5.75 Å². The van der Waals surface area contributed by atoms with Gasteiger partial charge in [-0.1, -0.05) is 25.3 Å². The Labute approximate surface area is 116 Å². The predicted molar refractivity (Wildman–Crippen MR) is 78.9 cm³/mol. The Bertz CT molecular complexity index is 392. The number of hydrogen-bond acceptors (Lipinski definition) is 3. The first-order chi connectivity index (χ1) is 9.16. The van der Waals surface area contributed by atoms with E-state index in [1.165, 1.54) is 12.8 Å². The van der Waals surface area contributed by atoms with E-state index in [4.69, 9.17) is 4.74 Å². The maximum atomic E-state index is 10.2. The lowest BCUT2D eigenvalue weighted by molar-refractivity contribution is 0.0188. The Morgan fingerprint density at radius 3 is 2.58 bits per heavy atom. The van der Waals surface area contributed by atoms with Crippen molar-refractivity contribution < 1.29 is 9.84 Å². The highest BCUT2D eigenvalue weighted by molar-refractivity contribution is 5.49. The first kappa shape index (κ1) is 14.2. The largest absolute Gasteiger partial charge is 0.488 e. The van der Waals surface area contributed by atoms with Crippen molar-refractivity contribution in [1.29, 1.82) is 0 Å². The summed E-state index contributed by atoms with van der Waals surface area (Å²) < 4.78 is 6.02. The normalized spacial score (nSPS) is 24.4. The van der Waals surface area contributed by atoms with E-state index in [0.29, 0.717) is 0 Å². The first-order valence-electron chi connectivity index (χ1n) is 7.29. The lowest BCUT2D eigenvalue weighted by Crippen LogP contribution is -2.32. The zero-order valence-electron chi connectivity index (χ0n) is 12.0. The topological polar surface area (TPSA) is 32.7 Å². The minimum atomic E-state index is -0.330. The van der Waals surface area contributed by atoms with Gasteiger partial charge in [-0.3, -0.25) is 0 Å². The zero-order chi connectivity index (χ0) is 13.7. The summed E-state index contributed by atoms with van der Waals surface area (Å²) in [5, 5.41) is 10.2. The van der Waals surface area contributed by atoms with Crippen LogP contribution in [0.1, 0.15) is 38.5 Å². The maximum absolute atomic E-state index is 10.2. The highest BCUT2D eigenvalue weighted by atomic mass is 16.5. The number of anilines is 1. The Morgan fingerprint density at radius 1 is 1.11 bits per heavy atom. The molecule has 0 amide bonds. The molecule has 1 aromatic rings. The molecule has 1 aromatic carbocycles. The van der Waals surface area contributed by atoms with Gasteiger partial charge in [-0.25, -0.2) is 0 Å². The molecule has 106 valence electrons. The fourth-order valence-corrected chi connectivity index (χ4v) is 2.58. The molecule has 3 heteroatoms. The third kappa shape index (κ3) is 4.13. The summed E-state index contributed by atoms with van der Waals surface area (Å²) in [6.07, 6.45) is 6.17. The average Bonchev–Trinajstić information content (AvgIpc) is 2.39. The second kappa shape index (κ2) is 6.80. The highest BCUT2D eigenvalue weighted by Crippen LogP contribution is 2.25. The van der Waals surface area contributed by atoms with Gasteiger partial charge in [-0.2, -0.15) is 0 Å². The number of benzene rings is 1. The van der Waals surface area contributed by atoms with Crippen LogP contribution in [-0.2, 0) is 0 Å². The standard InChI is InChI=1S/C16H25NO2/c1-17(2)13-8-7-9-14(12-13)19-16-11-6-4-3-5-10-15(16)18/h7-9,12,15-16,18H,3-6,10-11H2,1-2H3. The molecule has 0 radical (unpaired) electrons. The van der Waals surface area contributed by atoms with Gasteiger partial charge in [0.2, 0.25) is 0 Å². The fourth-order valence-electron chi connectivity index (χ4n) is 2.58. The molecule has 2 atom stereocenters. The molecule has 0 spiro atoms. The van der Waals surface area contributed by atoms with Crippen LogP contribution in [0.3, 0.4) is 0 Å². The molecule has 0 saturated heterocycles. The van der Waals surface area contributed by atoms with Crippen molar-refractivity contribution in [2.45, 2.75) is 50.7 Å². The molecular weight excluding hydrogens is 238 g/mol. The van der Waals surface area contributed by atoms with E-state index >= 15 is 0 Å². The van der Waals surface area contributed by atoms with E-state index in [-0.39, 0.29) is 12.2 Å².